The fourth-order valence-corrected chi connectivity index (χ4v) is 4.26. The minimum Gasteiger partial charge on any atom is -0.361 e. The number of hydrogen-bond donors (Lipinski definition) is 2. The molecule has 8 heteroatoms. The number of carbonyl (C=O) groups excluding carboxylic acids is 3. The Morgan fingerprint density at radius 3 is 2.74 bits per heavy atom. The standard InChI is InChI=1S/C23H20FN3O3S/c24-18-7-3-1-5-15(18)13-20-22(29)27(23(30)31-20)12-10-21(28)25-11-9-16-14-26-19-8-4-2-6-17(16)19/h1-8,13-14,26H,9-12H2,(H,25,28)/b20-13-. The third kappa shape index (κ3) is 4.69. The van der Waals surface area contributed by atoms with Gasteiger partial charge < -0.3 is 10.3 Å². The summed E-state index contributed by atoms with van der Waals surface area (Å²) in [6.45, 7) is 0.438. The molecule has 1 aromatic heterocycles. The van der Waals surface area contributed by atoms with Gasteiger partial charge in [0, 0.05) is 42.2 Å². The van der Waals surface area contributed by atoms with Gasteiger partial charge in [0.15, 0.2) is 0 Å². The Bertz CT molecular complexity index is 1190. The van der Waals surface area contributed by atoms with Crippen LogP contribution >= 0.6 is 11.8 Å². The molecule has 31 heavy (non-hydrogen) atoms. The highest BCUT2D eigenvalue weighted by Gasteiger charge is 2.35. The number of benzene rings is 2. The molecule has 0 atom stereocenters. The lowest BCUT2D eigenvalue weighted by Crippen LogP contribution is -2.34. The number of aromatic nitrogens is 1. The summed E-state index contributed by atoms with van der Waals surface area (Å²) in [5.41, 5.74) is 2.40. The van der Waals surface area contributed by atoms with Crippen molar-refractivity contribution in [3.05, 3.63) is 76.6 Å². The van der Waals surface area contributed by atoms with Crippen LogP contribution in [0.4, 0.5) is 9.18 Å². The van der Waals surface area contributed by atoms with Crippen molar-refractivity contribution in [2.45, 2.75) is 12.8 Å². The van der Waals surface area contributed by atoms with Crippen molar-refractivity contribution in [3.8, 4) is 0 Å². The van der Waals surface area contributed by atoms with Gasteiger partial charge in [-0.15, -0.1) is 0 Å². The van der Waals surface area contributed by atoms with E-state index in [0.717, 1.165) is 33.1 Å². The van der Waals surface area contributed by atoms with Crippen LogP contribution in [0.5, 0.6) is 0 Å². The normalized spacial score (nSPS) is 15.3. The number of nitrogens with one attached hydrogen (secondary N) is 2. The van der Waals surface area contributed by atoms with Crippen molar-refractivity contribution in [1.82, 2.24) is 15.2 Å². The van der Waals surface area contributed by atoms with Gasteiger partial charge in [0.25, 0.3) is 11.1 Å². The van der Waals surface area contributed by atoms with Crippen LogP contribution in [-0.2, 0) is 16.0 Å². The van der Waals surface area contributed by atoms with Gasteiger partial charge in [-0.2, -0.15) is 0 Å². The minimum atomic E-state index is -0.509. The SMILES string of the molecule is O=C(CCN1C(=O)S/C(=C\c2ccccc2F)C1=O)NCCc1c[nH]c2ccccc12. The molecule has 2 N–H and O–H groups in total. The van der Waals surface area contributed by atoms with E-state index >= 15 is 0 Å². The highest BCUT2D eigenvalue weighted by atomic mass is 32.2. The van der Waals surface area contributed by atoms with E-state index in [9.17, 15) is 18.8 Å². The number of halogens is 1. The Balaban J connectivity index is 1.28. The van der Waals surface area contributed by atoms with Crippen LogP contribution in [0.25, 0.3) is 17.0 Å². The van der Waals surface area contributed by atoms with E-state index in [-0.39, 0.29) is 29.3 Å². The maximum Gasteiger partial charge on any atom is 0.293 e. The molecule has 2 aromatic carbocycles. The topological polar surface area (TPSA) is 82.3 Å². The van der Waals surface area contributed by atoms with E-state index in [1.54, 1.807) is 12.1 Å². The molecule has 1 saturated heterocycles. The summed E-state index contributed by atoms with van der Waals surface area (Å²) in [5, 5.41) is 3.49. The molecule has 3 amide bonds. The lowest BCUT2D eigenvalue weighted by molar-refractivity contribution is -0.124. The first-order valence-corrected chi connectivity index (χ1v) is 10.7. The van der Waals surface area contributed by atoms with Gasteiger partial charge in [-0.1, -0.05) is 36.4 Å². The number of thioether (sulfide) groups is 1. The van der Waals surface area contributed by atoms with Gasteiger partial charge in [0.05, 0.1) is 4.91 Å². The molecule has 0 unspecified atom stereocenters. The number of H-pyrrole nitrogens is 1. The zero-order valence-electron chi connectivity index (χ0n) is 16.6. The van der Waals surface area contributed by atoms with Crippen LogP contribution in [-0.4, -0.2) is 40.0 Å². The lowest BCUT2D eigenvalue weighted by Gasteiger charge is -2.12. The van der Waals surface area contributed by atoms with Crippen LogP contribution in [0.15, 0.2) is 59.6 Å². The number of rotatable bonds is 7. The van der Waals surface area contributed by atoms with E-state index in [2.05, 4.69) is 10.3 Å². The third-order valence-corrected chi connectivity index (χ3v) is 5.93. The lowest BCUT2D eigenvalue weighted by atomic mass is 10.1. The van der Waals surface area contributed by atoms with Gasteiger partial charge in [-0.25, -0.2) is 4.39 Å². The Morgan fingerprint density at radius 1 is 1.13 bits per heavy atom. The second kappa shape index (κ2) is 9.18. The summed E-state index contributed by atoms with van der Waals surface area (Å²) >= 11 is 0.751. The first kappa shape index (κ1) is 20.9. The molecule has 2 heterocycles. The predicted molar refractivity (Wildman–Crippen MR) is 119 cm³/mol. The maximum absolute atomic E-state index is 13.8. The first-order valence-electron chi connectivity index (χ1n) is 9.84. The number of hydrogen-bond acceptors (Lipinski definition) is 4. The summed E-state index contributed by atoms with van der Waals surface area (Å²) in [7, 11) is 0. The number of carbonyl (C=O) groups is 3. The second-order valence-electron chi connectivity index (χ2n) is 7.06. The highest BCUT2D eigenvalue weighted by molar-refractivity contribution is 8.18. The van der Waals surface area contributed by atoms with Crippen LogP contribution in [0.1, 0.15) is 17.5 Å². The molecule has 0 spiro atoms. The highest BCUT2D eigenvalue weighted by Crippen LogP contribution is 2.32. The summed E-state index contributed by atoms with van der Waals surface area (Å²) < 4.78 is 13.8. The summed E-state index contributed by atoms with van der Waals surface area (Å²) in [6, 6.07) is 14.0. The van der Waals surface area contributed by atoms with Gasteiger partial charge >= 0.3 is 0 Å². The van der Waals surface area contributed by atoms with Crippen LogP contribution < -0.4 is 5.32 Å². The number of imide groups is 1. The van der Waals surface area contributed by atoms with Crippen molar-refractivity contribution in [3.63, 3.8) is 0 Å². The minimum absolute atomic E-state index is 0.0128. The van der Waals surface area contributed by atoms with E-state index in [1.807, 2.05) is 30.5 Å². The van der Waals surface area contributed by atoms with Crippen molar-refractivity contribution in [1.29, 1.82) is 0 Å². The van der Waals surface area contributed by atoms with Gasteiger partial charge in [0.1, 0.15) is 5.82 Å². The fraction of sp³-hybridized carbons (Fsp3) is 0.174. The number of nitrogens with zero attached hydrogens (tertiary/aromatic N) is 1. The molecule has 6 nitrogen and oxygen atoms in total. The molecular weight excluding hydrogens is 417 g/mol. The third-order valence-electron chi connectivity index (χ3n) is 5.02. The van der Waals surface area contributed by atoms with Crippen molar-refractivity contribution >= 4 is 45.8 Å². The molecule has 1 aliphatic heterocycles. The van der Waals surface area contributed by atoms with E-state index in [1.165, 1.54) is 18.2 Å². The first-order chi connectivity index (χ1) is 15.0. The average molecular weight is 437 g/mol. The van der Waals surface area contributed by atoms with Crippen molar-refractivity contribution in [2.24, 2.45) is 0 Å². The number of amides is 3. The smallest absolute Gasteiger partial charge is 0.293 e. The molecule has 4 rings (SSSR count). The summed E-state index contributed by atoms with van der Waals surface area (Å²) in [5.74, 6) is -1.22. The Labute approximate surface area is 182 Å². The quantitative estimate of drug-likeness (QED) is 0.546. The zero-order chi connectivity index (χ0) is 21.8. The molecule has 0 radical (unpaired) electrons. The molecule has 0 aliphatic carbocycles. The van der Waals surface area contributed by atoms with Crippen LogP contribution in [0.3, 0.4) is 0 Å². The maximum atomic E-state index is 13.8. The number of para-hydroxylation sites is 1. The molecule has 0 bridgehead atoms. The van der Waals surface area contributed by atoms with E-state index in [4.69, 9.17) is 0 Å². The average Bonchev–Trinajstić information content (AvgIpc) is 3.29. The Kier molecular flexibility index (Phi) is 6.18. The summed E-state index contributed by atoms with van der Waals surface area (Å²) in [4.78, 5) is 41.2. The molecule has 1 aliphatic rings. The van der Waals surface area contributed by atoms with Crippen LogP contribution in [0.2, 0.25) is 0 Å². The van der Waals surface area contributed by atoms with E-state index < -0.39 is 17.0 Å². The second-order valence-corrected chi connectivity index (χ2v) is 8.06. The predicted octanol–water partition coefficient (Wildman–Crippen LogP) is 4.09. The number of fused-ring (bicyclic) bond motifs is 1. The zero-order valence-corrected chi connectivity index (χ0v) is 17.4. The van der Waals surface area contributed by atoms with Crippen LogP contribution in [0, 0.1) is 5.82 Å². The molecular formula is C23H20FN3O3S. The largest absolute Gasteiger partial charge is 0.361 e. The van der Waals surface area contributed by atoms with Gasteiger partial charge in [-0.05, 0) is 42.0 Å². The summed E-state index contributed by atoms with van der Waals surface area (Å²) in [6.07, 6.45) is 3.97. The van der Waals surface area contributed by atoms with Gasteiger partial charge in [0.2, 0.25) is 5.91 Å². The Hall–Kier alpha value is -3.39. The Morgan fingerprint density at radius 2 is 1.90 bits per heavy atom. The number of aromatic amines is 1. The van der Waals surface area contributed by atoms with E-state index in [0.29, 0.717) is 13.0 Å². The van der Waals surface area contributed by atoms with Crippen molar-refractivity contribution < 1.29 is 18.8 Å². The molecule has 158 valence electrons. The van der Waals surface area contributed by atoms with Gasteiger partial charge in [-0.3, -0.25) is 19.3 Å². The monoisotopic (exact) mass is 437 g/mol. The van der Waals surface area contributed by atoms with Crippen molar-refractivity contribution in [2.75, 3.05) is 13.1 Å². The fourth-order valence-electron chi connectivity index (χ4n) is 3.40. The molecule has 3 aromatic rings. The molecule has 0 saturated carbocycles. The molecule has 1 fully saturated rings.